The molecule has 0 saturated heterocycles. The summed E-state index contributed by atoms with van der Waals surface area (Å²) in [5.74, 6) is -0.327. The van der Waals surface area contributed by atoms with Crippen LogP contribution in [-0.4, -0.2) is 39.0 Å². The van der Waals surface area contributed by atoms with Crippen molar-refractivity contribution in [1.29, 1.82) is 0 Å². The van der Waals surface area contributed by atoms with E-state index < -0.39 is 10.0 Å². The van der Waals surface area contributed by atoms with Crippen molar-refractivity contribution in [1.82, 2.24) is 19.9 Å². The summed E-state index contributed by atoms with van der Waals surface area (Å²) in [7, 11) is -0.547. The lowest BCUT2D eigenvalue weighted by molar-refractivity contribution is 0.0955. The number of benzene rings is 1. The first-order valence-corrected chi connectivity index (χ1v) is 9.60. The molecule has 25 heavy (non-hydrogen) atoms. The zero-order valence-electron chi connectivity index (χ0n) is 14.2. The number of sulfonamides is 1. The topological polar surface area (TPSA) is 92.2 Å². The number of fused-ring (bicyclic) bond motifs is 1. The van der Waals surface area contributed by atoms with E-state index in [0.29, 0.717) is 5.69 Å². The molecule has 0 bridgehead atoms. The van der Waals surface area contributed by atoms with Gasteiger partial charge in [-0.1, -0.05) is 24.3 Å². The van der Waals surface area contributed by atoms with Crippen LogP contribution >= 0.6 is 0 Å². The quantitative estimate of drug-likeness (QED) is 0.724. The molecule has 0 fully saturated rings. The molecule has 1 atom stereocenters. The highest BCUT2D eigenvalue weighted by Gasteiger charge is 2.24. The number of carbonyl (C=O) groups is 1. The molecule has 8 heteroatoms. The normalized spacial score (nSPS) is 17.1. The van der Waals surface area contributed by atoms with Gasteiger partial charge in [0.15, 0.2) is 0 Å². The van der Waals surface area contributed by atoms with E-state index in [2.05, 4.69) is 21.4 Å². The molecule has 0 spiro atoms. The van der Waals surface area contributed by atoms with E-state index in [0.717, 1.165) is 18.5 Å². The van der Waals surface area contributed by atoms with Gasteiger partial charge in [-0.05, 0) is 30.2 Å². The van der Waals surface area contributed by atoms with Crippen LogP contribution in [0.4, 0.5) is 0 Å². The van der Waals surface area contributed by atoms with Crippen LogP contribution in [0, 0.1) is 0 Å². The summed E-state index contributed by atoms with van der Waals surface area (Å²) in [5.41, 5.74) is 2.66. The van der Waals surface area contributed by atoms with Gasteiger partial charge in [0, 0.05) is 32.9 Å². The summed E-state index contributed by atoms with van der Waals surface area (Å²) in [6.45, 7) is 1.07. The Hall–Kier alpha value is -2.16. The lowest BCUT2D eigenvalue weighted by Gasteiger charge is -2.27. The van der Waals surface area contributed by atoms with Crippen LogP contribution in [0.2, 0.25) is 0 Å². The van der Waals surface area contributed by atoms with Gasteiger partial charge in [-0.25, -0.2) is 13.1 Å². The van der Waals surface area contributed by atoms with E-state index >= 15 is 0 Å². The molecule has 0 aliphatic carbocycles. The van der Waals surface area contributed by atoms with Crippen LogP contribution in [0.5, 0.6) is 0 Å². The van der Waals surface area contributed by atoms with E-state index in [1.807, 2.05) is 18.2 Å². The summed E-state index contributed by atoms with van der Waals surface area (Å²) >= 11 is 0. The largest absolute Gasteiger partial charge is 0.354 e. The number of aryl methyl sites for hydroxylation is 1. The first kappa shape index (κ1) is 17.7. The number of nitrogens with zero attached hydrogens (tertiary/aromatic N) is 1. The monoisotopic (exact) mass is 362 g/mol. The minimum absolute atomic E-state index is 0.0677. The summed E-state index contributed by atoms with van der Waals surface area (Å²) in [6.07, 6.45) is 2.38. The Morgan fingerprint density at radius 2 is 2.12 bits per heavy atom. The van der Waals surface area contributed by atoms with Gasteiger partial charge in [-0.15, -0.1) is 0 Å². The molecule has 7 nitrogen and oxygen atoms in total. The van der Waals surface area contributed by atoms with Gasteiger partial charge in [-0.3, -0.25) is 4.79 Å². The predicted molar refractivity (Wildman–Crippen MR) is 94.9 cm³/mol. The number of carbonyl (C=O) groups excluding carboxylic acids is 1. The number of hydrogen-bond acceptors (Lipinski definition) is 4. The third-order valence-electron chi connectivity index (χ3n) is 4.44. The second kappa shape index (κ2) is 6.99. The maximum atomic E-state index is 12.6. The number of amides is 1. The fourth-order valence-electron chi connectivity index (χ4n) is 3.09. The zero-order valence-corrected chi connectivity index (χ0v) is 15.1. The third kappa shape index (κ3) is 3.60. The van der Waals surface area contributed by atoms with Crippen molar-refractivity contribution >= 4 is 15.9 Å². The molecule has 1 unspecified atom stereocenters. The minimum atomic E-state index is -3.70. The Labute approximate surface area is 147 Å². The molecule has 1 aliphatic rings. The van der Waals surface area contributed by atoms with Crippen molar-refractivity contribution < 1.29 is 13.2 Å². The van der Waals surface area contributed by atoms with Crippen molar-refractivity contribution in [2.75, 3.05) is 20.1 Å². The highest BCUT2D eigenvalue weighted by Crippen LogP contribution is 2.22. The van der Waals surface area contributed by atoms with Crippen molar-refractivity contribution in [3.63, 3.8) is 0 Å². The molecule has 1 aromatic carbocycles. The highest BCUT2D eigenvalue weighted by atomic mass is 32.2. The first-order chi connectivity index (χ1) is 11.9. The van der Waals surface area contributed by atoms with Crippen LogP contribution in [0.15, 0.2) is 41.4 Å². The van der Waals surface area contributed by atoms with Gasteiger partial charge < -0.3 is 15.2 Å². The van der Waals surface area contributed by atoms with Gasteiger partial charge >= 0.3 is 0 Å². The predicted octanol–water partition coefficient (Wildman–Crippen LogP) is 0.550. The fourth-order valence-corrected chi connectivity index (χ4v) is 4.20. The fraction of sp³-hybridized carbons (Fsp3) is 0.353. The maximum absolute atomic E-state index is 12.6. The zero-order chi connectivity index (χ0) is 18.0. The SMILES string of the molecule is CNC(=O)c1cc(S(=O)(=O)NCC2NCCc3ccccc32)cn1C. The van der Waals surface area contributed by atoms with Crippen molar-refractivity contribution in [3.8, 4) is 0 Å². The van der Waals surface area contributed by atoms with Crippen LogP contribution < -0.4 is 15.4 Å². The second-order valence-corrected chi connectivity index (χ2v) is 7.83. The molecule has 0 radical (unpaired) electrons. The Kier molecular flexibility index (Phi) is 4.94. The van der Waals surface area contributed by atoms with Crippen molar-refractivity contribution in [2.24, 2.45) is 7.05 Å². The first-order valence-electron chi connectivity index (χ1n) is 8.11. The Morgan fingerprint density at radius 1 is 1.36 bits per heavy atom. The second-order valence-electron chi connectivity index (χ2n) is 6.06. The number of hydrogen-bond donors (Lipinski definition) is 3. The van der Waals surface area contributed by atoms with E-state index in [-0.39, 0.29) is 23.4 Å². The van der Waals surface area contributed by atoms with E-state index in [1.165, 1.54) is 29.4 Å². The Balaban J connectivity index is 1.76. The van der Waals surface area contributed by atoms with Gasteiger partial charge in [0.05, 0.1) is 0 Å². The molecule has 1 aliphatic heterocycles. The summed E-state index contributed by atoms with van der Waals surface area (Å²) in [6, 6.07) is 9.36. The van der Waals surface area contributed by atoms with Gasteiger partial charge in [0.2, 0.25) is 10.0 Å². The van der Waals surface area contributed by atoms with E-state index in [9.17, 15) is 13.2 Å². The van der Waals surface area contributed by atoms with Crippen molar-refractivity contribution in [2.45, 2.75) is 17.4 Å². The molecule has 134 valence electrons. The number of nitrogens with one attached hydrogen (secondary N) is 3. The molecule has 3 N–H and O–H groups in total. The van der Waals surface area contributed by atoms with Crippen LogP contribution in [0.3, 0.4) is 0 Å². The van der Waals surface area contributed by atoms with Crippen LogP contribution in [0.1, 0.15) is 27.7 Å². The molecular weight excluding hydrogens is 340 g/mol. The molecule has 0 saturated carbocycles. The molecule has 2 heterocycles. The van der Waals surface area contributed by atoms with E-state index in [4.69, 9.17) is 0 Å². The standard InChI is InChI=1S/C17H22N4O3S/c1-18-17(22)16-9-13(11-21(16)2)25(23,24)20-10-15-14-6-4-3-5-12(14)7-8-19-15/h3-6,9,11,15,19-20H,7-8,10H2,1-2H3,(H,18,22). The molecule has 2 aromatic rings. The van der Waals surface area contributed by atoms with Crippen molar-refractivity contribution in [3.05, 3.63) is 53.3 Å². The lowest BCUT2D eigenvalue weighted by atomic mass is 9.95. The van der Waals surface area contributed by atoms with Crippen LogP contribution in [-0.2, 0) is 23.5 Å². The summed E-state index contributed by atoms with van der Waals surface area (Å²) < 4.78 is 29.3. The van der Waals surface area contributed by atoms with Gasteiger partial charge in [-0.2, -0.15) is 0 Å². The average Bonchev–Trinajstić information content (AvgIpc) is 3.02. The van der Waals surface area contributed by atoms with Crippen LogP contribution in [0.25, 0.3) is 0 Å². The highest BCUT2D eigenvalue weighted by molar-refractivity contribution is 7.89. The minimum Gasteiger partial charge on any atom is -0.354 e. The molecule has 1 amide bonds. The third-order valence-corrected chi connectivity index (χ3v) is 5.83. The summed E-state index contributed by atoms with van der Waals surface area (Å²) in [4.78, 5) is 11.8. The Bertz CT molecular complexity index is 889. The maximum Gasteiger partial charge on any atom is 0.267 e. The van der Waals surface area contributed by atoms with Gasteiger partial charge in [0.1, 0.15) is 10.6 Å². The molecule has 1 aromatic heterocycles. The number of aromatic nitrogens is 1. The lowest BCUT2D eigenvalue weighted by Crippen LogP contribution is -2.38. The number of rotatable bonds is 5. The average molecular weight is 362 g/mol. The molecular formula is C17H22N4O3S. The van der Waals surface area contributed by atoms with Gasteiger partial charge in [0.25, 0.3) is 5.91 Å². The molecule has 3 rings (SSSR count). The summed E-state index contributed by atoms with van der Waals surface area (Å²) in [5, 5.41) is 5.84. The van der Waals surface area contributed by atoms with E-state index in [1.54, 1.807) is 7.05 Å². The smallest absolute Gasteiger partial charge is 0.267 e. The Morgan fingerprint density at radius 3 is 2.88 bits per heavy atom.